The van der Waals surface area contributed by atoms with Gasteiger partial charge in [0, 0.05) is 42.2 Å². The molecule has 1 aliphatic heterocycles. The lowest BCUT2D eigenvalue weighted by Gasteiger charge is -2.43. The second kappa shape index (κ2) is 8.68. The maximum Gasteiger partial charge on any atom is 0.317 e. The van der Waals surface area contributed by atoms with Crippen molar-refractivity contribution >= 4 is 28.5 Å². The van der Waals surface area contributed by atoms with Gasteiger partial charge < -0.3 is 20.4 Å². The summed E-state index contributed by atoms with van der Waals surface area (Å²) in [5.41, 5.74) is 1.18. The quantitative estimate of drug-likeness (QED) is 0.551. The lowest BCUT2D eigenvalue weighted by molar-refractivity contribution is -0.0143. The van der Waals surface area contributed by atoms with Gasteiger partial charge in [-0.05, 0) is 42.7 Å². The van der Waals surface area contributed by atoms with E-state index in [0.717, 1.165) is 29.3 Å². The zero-order valence-corrected chi connectivity index (χ0v) is 17.2. The summed E-state index contributed by atoms with van der Waals surface area (Å²) >= 11 is 6.25. The number of aromatic amines is 1. The number of aliphatic hydroxyl groups excluding tert-OH is 2. The minimum absolute atomic E-state index is 0.0710. The summed E-state index contributed by atoms with van der Waals surface area (Å²) in [5, 5.41) is 31.4. The van der Waals surface area contributed by atoms with Crippen molar-refractivity contribution in [1.82, 2.24) is 20.4 Å². The molecule has 1 aromatic heterocycles. The number of amides is 2. The van der Waals surface area contributed by atoms with Crippen LogP contribution in [-0.2, 0) is 0 Å². The Labute approximate surface area is 170 Å². The number of aliphatic hydroxyl groups is 2. The topological polar surface area (TPSA) is 101 Å². The lowest BCUT2D eigenvalue weighted by atomic mass is 9.68. The molecule has 4 N–H and O–H groups in total. The molecule has 0 unspecified atom stereocenters. The molecular weight excluding hydrogens is 380 g/mol. The van der Waals surface area contributed by atoms with Crippen LogP contribution in [0.5, 0.6) is 0 Å². The van der Waals surface area contributed by atoms with Gasteiger partial charge in [0.1, 0.15) is 0 Å². The van der Waals surface area contributed by atoms with Gasteiger partial charge in [0.05, 0.1) is 17.8 Å². The maximum absolute atomic E-state index is 12.2. The number of fused-ring (bicyclic) bond motifs is 1. The first-order valence-corrected chi connectivity index (χ1v) is 10.2. The molecule has 3 rings (SSSR count). The summed E-state index contributed by atoms with van der Waals surface area (Å²) in [6.45, 7) is 6.00. The number of benzene rings is 1. The Hall–Kier alpha value is -1.83. The molecule has 0 bridgehead atoms. The standard InChI is InChI=1S/C20H29ClN4O3/c1-20(2,14-4-7-25(8-5-14)19(28)22-6-3-9-26)18(27)16-11-15(21)10-13-12-23-24-17(13)16/h10-12,14,18,26-27H,3-9H2,1-2H3,(H,22,28)(H,23,24)/t18-/m1/s1. The highest BCUT2D eigenvalue weighted by Gasteiger charge is 2.40. The van der Waals surface area contributed by atoms with Crippen molar-refractivity contribution in [3.05, 3.63) is 28.9 Å². The zero-order chi connectivity index (χ0) is 20.3. The summed E-state index contributed by atoms with van der Waals surface area (Å²) < 4.78 is 0. The van der Waals surface area contributed by atoms with E-state index < -0.39 is 6.10 Å². The van der Waals surface area contributed by atoms with E-state index in [1.54, 1.807) is 12.3 Å². The fourth-order valence-corrected chi connectivity index (χ4v) is 4.33. The van der Waals surface area contributed by atoms with Crippen molar-refractivity contribution in [2.75, 3.05) is 26.2 Å². The number of rotatable bonds is 6. The van der Waals surface area contributed by atoms with Crippen molar-refractivity contribution in [2.45, 2.75) is 39.2 Å². The maximum atomic E-state index is 12.2. The van der Waals surface area contributed by atoms with E-state index in [2.05, 4.69) is 29.4 Å². The van der Waals surface area contributed by atoms with Crippen LogP contribution in [-0.4, -0.2) is 57.6 Å². The molecule has 7 nitrogen and oxygen atoms in total. The van der Waals surface area contributed by atoms with E-state index >= 15 is 0 Å². The SMILES string of the molecule is CC(C)(C1CCN(C(=O)NCCCO)CC1)[C@H](O)c1cc(Cl)cc2cn[nH]c12. The molecule has 0 spiro atoms. The third-order valence-corrected chi connectivity index (χ3v) is 6.21. The van der Waals surface area contributed by atoms with Crippen LogP contribution in [0.15, 0.2) is 18.3 Å². The molecule has 1 aromatic carbocycles. The average molecular weight is 409 g/mol. The first-order valence-electron chi connectivity index (χ1n) is 9.78. The molecule has 1 atom stereocenters. The number of urea groups is 1. The highest BCUT2D eigenvalue weighted by molar-refractivity contribution is 6.31. The first-order chi connectivity index (χ1) is 13.3. The summed E-state index contributed by atoms with van der Waals surface area (Å²) in [7, 11) is 0. The molecule has 2 heterocycles. The van der Waals surface area contributed by atoms with E-state index in [9.17, 15) is 9.90 Å². The third kappa shape index (κ3) is 4.26. The number of hydrogen-bond donors (Lipinski definition) is 4. The van der Waals surface area contributed by atoms with Gasteiger partial charge in [-0.2, -0.15) is 5.10 Å². The fourth-order valence-electron chi connectivity index (χ4n) is 4.10. The van der Waals surface area contributed by atoms with Crippen molar-refractivity contribution < 1.29 is 15.0 Å². The molecule has 1 fully saturated rings. The second-order valence-corrected chi connectivity index (χ2v) is 8.56. The highest BCUT2D eigenvalue weighted by atomic mass is 35.5. The van der Waals surface area contributed by atoms with Gasteiger partial charge in [0.15, 0.2) is 0 Å². The number of piperidine rings is 1. The van der Waals surface area contributed by atoms with E-state index in [1.807, 2.05) is 11.0 Å². The Morgan fingerprint density at radius 3 is 2.82 bits per heavy atom. The molecule has 2 amide bonds. The van der Waals surface area contributed by atoms with Gasteiger partial charge in [0.2, 0.25) is 0 Å². The minimum Gasteiger partial charge on any atom is -0.396 e. The van der Waals surface area contributed by atoms with Gasteiger partial charge in [-0.3, -0.25) is 5.10 Å². The number of hydrogen-bond acceptors (Lipinski definition) is 4. The fraction of sp³-hybridized carbons (Fsp3) is 0.600. The van der Waals surface area contributed by atoms with Crippen LogP contribution in [0.1, 0.15) is 44.8 Å². The van der Waals surface area contributed by atoms with Crippen LogP contribution in [0, 0.1) is 11.3 Å². The number of likely N-dealkylation sites (tertiary alicyclic amines) is 1. The van der Waals surface area contributed by atoms with Crippen LogP contribution in [0.2, 0.25) is 5.02 Å². The number of carbonyl (C=O) groups is 1. The van der Waals surface area contributed by atoms with Gasteiger partial charge in [-0.25, -0.2) is 4.79 Å². The van der Waals surface area contributed by atoms with Crippen LogP contribution in [0.3, 0.4) is 0 Å². The van der Waals surface area contributed by atoms with E-state index in [1.165, 1.54) is 0 Å². The van der Waals surface area contributed by atoms with Crippen LogP contribution < -0.4 is 5.32 Å². The molecule has 1 aliphatic rings. The summed E-state index contributed by atoms with van der Waals surface area (Å²) in [6.07, 6.45) is 3.21. The Kier molecular flexibility index (Phi) is 6.47. The summed E-state index contributed by atoms with van der Waals surface area (Å²) in [6, 6.07) is 3.55. The van der Waals surface area contributed by atoms with Gasteiger partial charge in [0.25, 0.3) is 0 Å². The predicted octanol–water partition coefficient (Wildman–Crippen LogP) is 3.08. The number of aromatic nitrogens is 2. The molecule has 8 heteroatoms. The number of halogens is 1. The normalized spacial score (nSPS) is 17.1. The van der Waals surface area contributed by atoms with E-state index in [4.69, 9.17) is 16.7 Å². The van der Waals surface area contributed by atoms with Crippen molar-refractivity contribution in [2.24, 2.45) is 11.3 Å². The number of nitrogens with one attached hydrogen (secondary N) is 2. The molecule has 0 radical (unpaired) electrons. The van der Waals surface area contributed by atoms with Crippen molar-refractivity contribution in [1.29, 1.82) is 0 Å². The van der Waals surface area contributed by atoms with Crippen molar-refractivity contribution in [3.8, 4) is 0 Å². The number of H-pyrrole nitrogens is 1. The Balaban J connectivity index is 1.68. The number of nitrogens with zero attached hydrogens (tertiary/aromatic N) is 2. The van der Waals surface area contributed by atoms with Crippen LogP contribution in [0.25, 0.3) is 10.9 Å². The molecule has 1 saturated heterocycles. The average Bonchev–Trinajstić information content (AvgIpc) is 3.15. The Morgan fingerprint density at radius 1 is 1.43 bits per heavy atom. The summed E-state index contributed by atoms with van der Waals surface area (Å²) in [5.74, 6) is 0.265. The Bertz CT molecular complexity index is 815. The number of carbonyl (C=O) groups excluding carboxylic acids is 1. The van der Waals surface area contributed by atoms with Crippen molar-refractivity contribution in [3.63, 3.8) is 0 Å². The summed E-state index contributed by atoms with van der Waals surface area (Å²) in [4.78, 5) is 14.0. The highest BCUT2D eigenvalue weighted by Crippen LogP contribution is 2.46. The molecular formula is C20H29ClN4O3. The smallest absolute Gasteiger partial charge is 0.317 e. The molecule has 28 heavy (non-hydrogen) atoms. The van der Waals surface area contributed by atoms with Gasteiger partial charge in [-0.15, -0.1) is 0 Å². The monoisotopic (exact) mass is 408 g/mol. The second-order valence-electron chi connectivity index (χ2n) is 8.12. The lowest BCUT2D eigenvalue weighted by Crippen LogP contribution is -2.47. The molecule has 2 aromatic rings. The predicted molar refractivity (Wildman–Crippen MR) is 109 cm³/mol. The van der Waals surface area contributed by atoms with E-state index in [0.29, 0.717) is 31.1 Å². The van der Waals surface area contributed by atoms with E-state index in [-0.39, 0.29) is 24.0 Å². The molecule has 0 saturated carbocycles. The van der Waals surface area contributed by atoms with Gasteiger partial charge in [-0.1, -0.05) is 25.4 Å². The first kappa shape index (κ1) is 20.9. The van der Waals surface area contributed by atoms with Crippen LogP contribution >= 0.6 is 11.6 Å². The minimum atomic E-state index is -0.705. The van der Waals surface area contributed by atoms with Crippen LogP contribution in [0.4, 0.5) is 4.79 Å². The Morgan fingerprint density at radius 2 is 2.14 bits per heavy atom. The third-order valence-electron chi connectivity index (χ3n) is 5.99. The zero-order valence-electron chi connectivity index (χ0n) is 16.4. The molecule has 154 valence electrons. The molecule has 0 aliphatic carbocycles. The van der Waals surface area contributed by atoms with Gasteiger partial charge >= 0.3 is 6.03 Å². The largest absolute Gasteiger partial charge is 0.396 e.